The molecule has 1 heterocycles. The average molecular weight is 377 g/mol. The number of sulfone groups is 1. The Hall–Kier alpha value is -1.68. The number of aliphatic hydroxyl groups excluding tert-OH is 1. The predicted octanol–water partition coefficient (Wildman–Crippen LogP) is 2.86. The van der Waals surface area contributed by atoms with Gasteiger partial charge in [0.25, 0.3) is 0 Å². The number of rotatable bonds is 6. The third-order valence-electron chi connectivity index (χ3n) is 3.01. The third-order valence-corrected chi connectivity index (χ3v) is 6.12. The summed E-state index contributed by atoms with van der Waals surface area (Å²) in [4.78, 5) is 10.4. The van der Waals surface area contributed by atoms with Gasteiger partial charge in [0.2, 0.25) is 0 Å². The number of anilines is 1. The molecule has 0 saturated heterocycles. The van der Waals surface area contributed by atoms with Crippen molar-refractivity contribution in [3.8, 4) is 0 Å². The SMILES string of the molecule is CS(=O)(=O)c1cc([N+](=O)[O-])c(NC(CO)c2ccc(Cl)cc2)s1. The van der Waals surface area contributed by atoms with E-state index < -0.39 is 20.8 Å². The lowest BCUT2D eigenvalue weighted by Crippen LogP contribution is -2.14. The molecule has 2 rings (SSSR count). The Kier molecular flexibility index (Phi) is 5.25. The summed E-state index contributed by atoms with van der Waals surface area (Å²) in [5.41, 5.74) is 0.323. The number of benzene rings is 1. The first-order chi connectivity index (χ1) is 10.7. The fourth-order valence-electron chi connectivity index (χ4n) is 1.87. The van der Waals surface area contributed by atoms with E-state index in [1.807, 2.05) is 0 Å². The Morgan fingerprint density at radius 1 is 1.39 bits per heavy atom. The number of aliphatic hydroxyl groups is 1. The van der Waals surface area contributed by atoms with Crippen LogP contribution in [0.15, 0.2) is 34.5 Å². The summed E-state index contributed by atoms with van der Waals surface area (Å²) in [6.45, 7) is -0.328. The number of nitrogens with zero attached hydrogens (tertiary/aromatic N) is 1. The van der Waals surface area contributed by atoms with Crippen molar-refractivity contribution in [1.29, 1.82) is 0 Å². The van der Waals surface area contributed by atoms with Gasteiger partial charge in [0.05, 0.1) is 17.6 Å². The van der Waals surface area contributed by atoms with E-state index in [1.54, 1.807) is 24.3 Å². The Balaban J connectivity index is 2.38. The Labute approximate surface area is 141 Å². The van der Waals surface area contributed by atoms with Crippen LogP contribution >= 0.6 is 22.9 Å². The van der Waals surface area contributed by atoms with Crippen molar-refractivity contribution < 1.29 is 18.4 Å². The van der Waals surface area contributed by atoms with E-state index in [0.717, 1.165) is 23.7 Å². The van der Waals surface area contributed by atoms with Crippen molar-refractivity contribution in [2.24, 2.45) is 0 Å². The molecule has 23 heavy (non-hydrogen) atoms. The minimum Gasteiger partial charge on any atom is -0.394 e. The van der Waals surface area contributed by atoms with E-state index in [-0.39, 0.29) is 21.5 Å². The summed E-state index contributed by atoms with van der Waals surface area (Å²) in [6, 6.07) is 6.99. The zero-order valence-corrected chi connectivity index (χ0v) is 14.3. The summed E-state index contributed by atoms with van der Waals surface area (Å²) >= 11 is 6.56. The van der Waals surface area contributed by atoms with E-state index in [9.17, 15) is 23.6 Å². The Morgan fingerprint density at radius 3 is 2.48 bits per heavy atom. The third kappa shape index (κ3) is 4.20. The number of hydrogen-bond acceptors (Lipinski definition) is 7. The monoisotopic (exact) mass is 376 g/mol. The van der Waals surface area contributed by atoms with Crippen LogP contribution in [0.25, 0.3) is 0 Å². The molecular formula is C13H13ClN2O5S2. The molecular weight excluding hydrogens is 364 g/mol. The van der Waals surface area contributed by atoms with Crippen LogP contribution in [0.4, 0.5) is 10.7 Å². The lowest BCUT2D eigenvalue weighted by atomic mass is 10.1. The highest BCUT2D eigenvalue weighted by atomic mass is 35.5. The molecule has 0 radical (unpaired) electrons. The van der Waals surface area contributed by atoms with Gasteiger partial charge >= 0.3 is 5.69 Å². The summed E-state index contributed by atoms with van der Waals surface area (Å²) in [5.74, 6) is 0. The lowest BCUT2D eigenvalue weighted by molar-refractivity contribution is -0.383. The Bertz CT molecular complexity index is 817. The number of halogens is 1. The maximum absolute atomic E-state index is 11.6. The fourth-order valence-corrected chi connectivity index (χ4v) is 3.99. The molecule has 0 aliphatic heterocycles. The van der Waals surface area contributed by atoms with Crippen LogP contribution in [-0.4, -0.2) is 31.3 Å². The highest BCUT2D eigenvalue weighted by Gasteiger charge is 2.25. The second-order valence-electron chi connectivity index (χ2n) is 4.74. The highest BCUT2D eigenvalue weighted by Crippen LogP contribution is 2.39. The molecule has 1 unspecified atom stereocenters. The van der Waals surface area contributed by atoms with Crippen molar-refractivity contribution in [3.05, 3.63) is 51.0 Å². The fraction of sp³-hybridized carbons (Fsp3) is 0.231. The van der Waals surface area contributed by atoms with Gasteiger partial charge in [-0.2, -0.15) is 0 Å². The molecule has 124 valence electrons. The second kappa shape index (κ2) is 6.83. The van der Waals surface area contributed by atoms with Crippen LogP contribution in [-0.2, 0) is 9.84 Å². The van der Waals surface area contributed by atoms with Crippen molar-refractivity contribution in [2.45, 2.75) is 10.3 Å². The van der Waals surface area contributed by atoms with Gasteiger partial charge in [0, 0.05) is 17.3 Å². The van der Waals surface area contributed by atoms with Crippen molar-refractivity contribution in [3.63, 3.8) is 0 Å². The van der Waals surface area contributed by atoms with E-state index in [2.05, 4.69) is 5.32 Å². The van der Waals surface area contributed by atoms with Crippen LogP contribution in [0.5, 0.6) is 0 Å². The van der Waals surface area contributed by atoms with Crippen LogP contribution in [0.1, 0.15) is 11.6 Å². The van der Waals surface area contributed by atoms with Gasteiger partial charge in [0.15, 0.2) is 14.8 Å². The van der Waals surface area contributed by atoms with Crippen LogP contribution in [0.2, 0.25) is 5.02 Å². The molecule has 0 spiro atoms. The molecule has 0 saturated carbocycles. The first-order valence-corrected chi connectivity index (χ1v) is 9.42. The minimum atomic E-state index is -3.56. The summed E-state index contributed by atoms with van der Waals surface area (Å²) in [6.07, 6.45) is 0.981. The number of thiophene rings is 1. The zero-order chi connectivity index (χ0) is 17.2. The van der Waals surface area contributed by atoms with Crippen LogP contribution < -0.4 is 5.32 Å². The molecule has 1 atom stereocenters. The van der Waals surface area contributed by atoms with Crippen molar-refractivity contribution >= 4 is 43.5 Å². The van der Waals surface area contributed by atoms with Gasteiger partial charge in [-0.3, -0.25) is 10.1 Å². The number of nitro groups is 1. The first-order valence-electron chi connectivity index (χ1n) is 6.33. The first kappa shape index (κ1) is 17.7. The maximum Gasteiger partial charge on any atom is 0.304 e. The lowest BCUT2D eigenvalue weighted by Gasteiger charge is -2.16. The molecule has 0 aliphatic carbocycles. The summed E-state index contributed by atoms with van der Waals surface area (Å²) in [5, 5.41) is 24.1. The largest absolute Gasteiger partial charge is 0.394 e. The molecule has 0 bridgehead atoms. The molecule has 1 aromatic heterocycles. The van der Waals surface area contributed by atoms with Crippen molar-refractivity contribution in [1.82, 2.24) is 0 Å². The molecule has 1 aromatic carbocycles. The molecule has 0 aliphatic rings. The molecule has 0 amide bonds. The van der Waals surface area contributed by atoms with E-state index in [4.69, 9.17) is 11.6 Å². The topological polar surface area (TPSA) is 110 Å². The molecule has 0 fully saturated rings. The standard InChI is InChI=1S/C13H13ClN2O5S2/c1-23(20,21)12-6-11(16(18)19)13(22-12)15-10(7-17)8-2-4-9(14)5-3-8/h2-6,10,15,17H,7H2,1H3. The average Bonchev–Trinajstić information content (AvgIpc) is 2.90. The number of hydrogen-bond donors (Lipinski definition) is 2. The molecule has 2 aromatic rings. The summed E-state index contributed by atoms with van der Waals surface area (Å²) in [7, 11) is -3.56. The van der Waals surface area contributed by atoms with E-state index >= 15 is 0 Å². The molecule has 10 heteroatoms. The van der Waals surface area contributed by atoms with Crippen molar-refractivity contribution in [2.75, 3.05) is 18.2 Å². The normalized spacial score (nSPS) is 12.8. The van der Waals surface area contributed by atoms with E-state index in [0.29, 0.717) is 10.6 Å². The van der Waals surface area contributed by atoms with Crippen LogP contribution in [0.3, 0.4) is 0 Å². The predicted molar refractivity (Wildman–Crippen MR) is 89.0 cm³/mol. The highest BCUT2D eigenvalue weighted by molar-refractivity contribution is 7.92. The van der Waals surface area contributed by atoms with Gasteiger partial charge in [-0.15, -0.1) is 0 Å². The number of nitrogens with one attached hydrogen (secondary N) is 1. The second-order valence-corrected chi connectivity index (χ2v) is 8.47. The smallest absolute Gasteiger partial charge is 0.304 e. The van der Waals surface area contributed by atoms with E-state index in [1.165, 1.54) is 0 Å². The van der Waals surface area contributed by atoms with Gasteiger partial charge in [-0.1, -0.05) is 35.1 Å². The van der Waals surface area contributed by atoms with Gasteiger partial charge in [-0.05, 0) is 17.7 Å². The summed E-state index contributed by atoms with van der Waals surface area (Å²) < 4.78 is 23.0. The zero-order valence-electron chi connectivity index (χ0n) is 11.9. The quantitative estimate of drug-likeness (QED) is 0.592. The Morgan fingerprint density at radius 2 is 2.00 bits per heavy atom. The van der Waals surface area contributed by atoms with Gasteiger partial charge < -0.3 is 10.4 Å². The molecule has 2 N–H and O–H groups in total. The van der Waals surface area contributed by atoms with Crippen LogP contribution in [0, 0.1) is 10.1 Å². The maximum atomic E-state index is 11.6. The van der Waals surface area contributed by atoms with Gasteiger partial charge in [0.1, 0.15) is 4.21 Å². The molecule has 7 nitrogen and oxygen atoms in total. The van der Waals surface area contributed by atoms with Gasteiger partial charge in [-0.25, -0.2) is 8.42 Å². The minimum absolute atomic E-state index is 0.0735.